The molecule has 2 aliphatic rings. The number of carbonyl (C=O) groups excluding carboxylic acids is 2. The normalized spacial score (nSPS) is 24.8. The standard InChI is InChI=1S/C20H33N5O3/c1-14-15(2)23-25(16(14)3)10-8-21-19(27)20-7-5-6-9-24(20)12-17(11-20)22-18(26)13-28-4/h17H,5-13H2,1-4H3,(H,21,27)(H,22,26)/t17-,20-/m0/s1. The number of methoxy groups -OCH3 is 1. The quantitative estimate of drug-likeness (QED) is 0.714. The number of carbonyl (C=O) groups is 2. The van der Waals surface area contributed by atoms with Gasteiger partial charge in [0.25, 0.3) is 0 Å². The minimum Gasteiger partial charge on any atom is -0.375 e. The van der Waals surface area contributed by atoms with Gasteiger partial charge in [-0.1, -0.05) is 0 Å². The second-order valence-electron chi connectivity index (χ2n) is 8.11. The van der Waals surface area contributed by atoms with E-state index in [1.54, 1.807) is 0 Å². The van der Waals surface area contributed by atoms with Gasteiger partial charge in [0.1, 0.15) is 12.1 Å². The summed E-state index contributed by atoms with van der Waals surface area (Å²) < 4.78 is 6.87. The SMILES string of the molecule is COCC(=O)N[C@@H]1CN2CCCC[C@@]2(C(=O)NCCn2nc(C)c(C)c2C)C1. The van der Waals surface area contributed by atoms with Crippen LogP contribution in [0.3, 0.4) is 0 Å². The van der Waals surface area contributed by atoms with Crippen molar-refractivity contribution in [1.29, 1.82) is 0 Å². The number of fused-ring (bicyclic) bond motifs is 1. The molecule has 2 amide bonds. The Balaban J connectivity index is 1.61. The van der Waals surface area contributed by atoms with E-state index in [4.69, 9.17) is 4.74 Å². The van der Waals surface area contributed by atoms with Gasteiger partial charge < -0.3 is 15.4 Å². The van der Waals surface area contributed by atoms with Crippen LogP contribution in [0.15, 0.2) is 0 Å². The predicted molar refractivity (Wildman–Crippen MR) is 106 cm³/mol. The summed E-state index contributed by atoms with van der Waals surface area (Å²) in [7, 11) is 1.51. The van der Waals surface area contributed by atoms with Gasteiger partial charge in [-0.25, -0.2) is 0 Å². The molecule has 2 aliphatic heterocycles. The Hall–Kier alpha value is -1.93. The molecule has 1 aromatic heterocycles. The predicted octanol–water partition coefficient (Wildman–Crippen LogP) is 0.684. The summed E-state index contributed by atoms with van der Waals surface area (Å²) in [6, 6.07) is -0.00911. The number of rotatable bonds is 7. The Morgan fingerprint density at radius 3 is 2.75 bits per heavy atom. The average molecular weight is 392 g/mol. The third kappa shape index (κ3) is 4.07. The molecule has 2 fully saturated rings. The maximum atomic E-state index is 13.2. The highest BCUT2D eigenvalue weighted by Gasteiger charge is 2.52. The molecule has 0 unspecified atom stereocenters. The second kappa shape index (κ2) is 8.61. The number of aryl methyl sites for hydroxylation is 1. The van der Waals surface area contributed by atoms with E-state index in [2.05, 4.69) is 34.5 Å². The number of hydrogen-bond donors (Lipinski definition) is 2. The molecule has 8 nitrogen and oxygen atoms in total. The molecule has 156 valence electrons. The molecule has 8 heteroatoms. The first-order chi connectivity index (χ1) is 13.4. The van der Waals surface area contributed by atoms with Crippen LogP contribution in [-0.2, 0) is 20.9 Å². The van der Waals surface area contributed by atoms with Gasteiger partial charge in [0.05, 0.1) is 12.2 Å². The molecule has 28 heavy (non-hydrogen) atoms. The number of nitrogens with zero attached hydrogens (tertiary/aromatic N) is 3. The molecular formula is C20H33N5O3. The summed E-state index contributed by atoms with van der Waals surface area (Å²) in [5.41, 5.74) is 2.87. The van der Waals surface area contributed by atoms with Crippen molar-refractivity contribution < 1.29 is 14.3 Å². The molecule has 0 spiro atoms. The largest absolute Gasteiger partial charge is 0.375 e. The van der Waals surface area contributed by atoms with Crippen molar-refractivity contribution in [3.8, 4) is 0 Å². The highest BCUT2D eigenvalue weighted by Crippen LogP contribution is 2.38. The van der Waals surface area contributed by atoms with Crippen molar-refractivity contribution >= 4 is 11.8 Å². The summed E-state index contributed by atoms with van der Waals surface area (Å²) in [5.74, 6) is -0.0447. The van der Waals surface area contributed by atoms with Gasteiger partial charge in [-0.05, 0) is 58.6 Å². The van der Waals surface area contributed by atoms with Gasteiger partial charge in [-0.15, -0.1) is 0 Å². The van der Waals surface area contributed by atoms with Crippen LogP contribution in [-0.4, -0.2) is 71.4 Å². The van der Waals surface area contributed by atoms with Crippen LogP contribution in [0.1, 0.15) is 42.6 Å². The summed E-state index contributed by atoms with van der Waals surface area (Å²) in [6.45, 7) is 9.03. The highest BCUT2D eigenvalue weighted by atomic mass is 16.5. The Kier molecular flexibility index (Phi) is 6.40. The lowest BCUT2D eigenvalue weighted by Crippen LogP contribution is -2.57. The summed E-state index contributed by atoms with van der Waals surface area (Å²) in [5, 5.41) is 10.7. The van der Waals surface area contributed by atoms with Gasteiger partial charge in [0.15, 0.2) is 0 Å². The Morgan fingerprint density at radius 1 is 1.29 bits per heavy atom. The van der Waals surface area contributed by atoms with Crippen LogP contribution < -0.4 is 10.6 Å². The lowest BCUT2D eigenvalue weighted by molar-refractivity contribution is -0.134. The van der Waals surface area contributed by atoms with Gasteiger partial charge in [-0.2, -0.15) is 5.10 Å². The number of aromatic nitrogens is 2. The van der Waals surface area contributed by atoms with Crippen LogP contribution in [0, 0.1) is 20.8 Å². The number of amides is 2. The molecule has 0 bridgehead atoms. The average Bonchev–Trinajstić information content (AvgIpc) is 3.15. The smallest absolute Gasteiger partial charge is 0.246 e. The molecule has 2 saturated heterocycles. The van der Waals surface area contributed by atoms with E-state index < -0.39 is 5.54 Å². The lowest BCUT2D eigenvalue weighted by atomic mass is 9.84. The molecule has 0 saturated carbocycles. The van der Waals surface area contributed by atoms with Crippen molar-refractivity contribution in [1.82, 2.24) is 25.3 Å². The Bertz CT molecular complexity index is 732. The number of ether oxygens (including phenoxy) is 1. The molecule has 1 aromatic rings. The fourth-order valence-corrected chi connectivity index (χ4v) is 4.62. The molecule has 3 rings (SSSR count). The maximum absolute atomic E-state index is 13.2. The first-order valence-electron chi connectivity index (χ1n) is 10.2. The van der Waals surface area contributed by atoms with Crippen molar-refractivity contribution in [2.24, 2.45) is 0 Å². The molecule has 0 radical (unpaired) electrons. The van der Waals surface area contributed by atoms with Gasteiger partial charge in [0.2, 0.25) is 11.8 Å². The van der Waals surface area contributed by atoms with Crippen LogP contribution in [0.25, 0.3) is 0 Å². The highest BCUT2D eigenvalue weighted by molar-refractivity contribution is 5.87. The first kappa shape index (κ1) is 20.8. The van der Waals surface area contributed by atoms with E-state index in [-0.39, 0.29) is 24.5 Å². The minimum atomic E-state index is -0.506. The van der Waals surface area contributed by atoms with E-state index in [9.17, 15) is 9.59 Å². The Labute approximate surface area is 167 Å². The molecular weight excluding hydrogens is 358 g/mol. The van der Waals surface area contributed by atoms with Gasteiger partial charge in [-0.3, -0.25) is 19.2 Å². The van der Waals surface area contributed by atoms with Crippen LogP contribution in [0.4, 0.5) is 0 Å². The number of hydrogen-bond acceptors (Lipinski definition) is 5. The zero-order chi connectivity index (χ0) is 20.3. The van der Waals surface area contributed by atoms with Crippen molar-refractivity contribution in [3.05, 3.63) is 17.0 Å². The fraction of sp³-hybridized carbons (Fsp3) is 0.750. The summed E-state index contributed by atoms with van der Waals surface area (Å²) in [6.07, 6.45) is 3.64. The summed E-state index contributed by atoms with van der Waals surface area (Å²) >= 11 is 0. The van der Waals surface area contributed by atoms with E-state index >= 15 is 0 Å². The molecule has 2 atom stereocenters. The van der Waals surface area contributed by atoms with Crippen molar-refractivity contribution in [2.45, 2.75) is 64.6 Å². The lowest BCUT2D eigenvalue weighted by Gasteiger charge is -2.40. The van der Waals surface area contributed by atoms with E-state index in [1.165, 1.54) is 12.7 Å². The van der Waals surface area contributed by atoms with E-state index in [0.29, 0.717) is 19.5 Å². The van der Waals surface area contributed by atoms with Gasteiger partial charge >= 0.3 is 0 Å². The van der Waals surface area contributed by atoms with Gasteiger partial charge in [0, 0.05) is 31.9 Å². The third-order valence-corrected chi connectivity index (χ3v) is 6.31. The van der Waals surface area contributed by atoms with Crippen LogP contribution >= 0.6 is 0 Å². The van der Waals surface area contributed by atoms with Crippen molar-refractivity contribution in [2.75, 3.05) is 33.4 Å². The monoisotopic (exact) mass is 391 g/mol. The fourth-order valence-electron chi connectivity index (χ4n) is 4.62. The topological polar surface area (TPSA) is 88.5 Å². The molecule has 3 heterocycles. The van der Waals surface area contributed by atoms with Crippen molar-refractivity contribution in [3.63, 3.8) is 0 Å². The summed E-state index contributed by atoms with van der Waals surface area (Å²) in [4.78, 5) is 27.4. The zero-order valence-electron chi connectivity index (χ0n) is 17.5. The Morgan fingerprint density at radius 2 is 2.07 bits per heavy atom. The number of piperidine rings is 1. The first-order valence-corrected chi connectivity index (χ1v) is 10.2. The molecule has 2 N–H and O–H groups in total. The second-order valence-corrected chi connectivity index (χ2v) is 8.11. The molecule has 0 aliphatic carbocycles. The maximum Gasteiger partial charge on any atom is 0.246 e. The minimum absolute atomic E-state index is 0.00911. The molecule has 0 aromatic carbocycles. The van der Waals surface area contributed by atoms with E-state index in [0.717, 1.165) is 43.7 Å². The third-order valence-electron chi connectivity index (χ3n) is 6.31. The number of nitrogens with one attached hydrogen (secondary N) is 2. The zero-order valence-corrected chi connectivity index (χ0v) is 17.5. The van der Waals surface area contributed by atoms with Crippen LogP contribution in [0.2, 0.25) is 0 Å². The van der Waals surface area contributed by atoms with Crippen LogP contribution in [0.5, 0.6) is 0 Å². The van der Waals surface area contributed by atoms with E-state index in [1.807, 2.05) is 11.6 Å².